The van der Waals surface area contributed by atoms with E-state index in [1.54, 1.807) is 0 Å². The van der Waals surface area contributed by atoms with Crippen molar-refractivity contribution in [1.29, 1.82) is 0 Å². The number of halogens is 1. The fourth-order valence-corrected chi connectivity index (χ4v) is 2.37. The molecule has 1 aromatic rings. The van der Waals surface area contributed by atoms with Crippen molar-refractivity contribution in [2.75, 3.05) is 32.1 Å². The van der Waals surface area contributed by atoms with Crippen molar-refractivity contribution in [2.24, 2.45) is 0 Å². The van der Waals surface area contributed by atoms with Gasteiger partial charge in [-0.2, -0.15) is 0 Å². The average molecular weight is 301 g/mol. The molecule has 0 aromatic heterocycles. The Labute approximate surface area is 119 Å². The predicted molar refractivity (Wildman–Crippen MR) is 77.2 cm³/mol. The molecule has 1 rings (SSSR count). The SMILES string of the molecule is CN(CCCC(=O)c1ccc(F)cc1)CCS(C)(=O)=O. The van der Waals surface area contributed by atoms with Crippen LogP contribution in [0.15, 0.2) is 24.3 Å². The molecular weight excluding hydrogens is 281 g/mol. The molecule has 0 amide bonds. The Hall–Kier alpha value is -1.27. The lowest BCUT2D eigenvalue weighted by atomic mass is 10.1. The van der Waals surface area contributed by atoms with Crippen molar-refractivity contribution in [3.8, 4) is 0 Å². The Kier molecular flexibility index (Phi) is 6.29. The Morgan fingerprint density at radius 2 is 1.80 bits per heavy atom. The molecule has 0 atom stereocenters. The van der Waals surface area contributed by atoms with Gasteiger partial charge in [-0.15, -0.1) is 0 Å². The van der Waals surface area contributed by atoms with Crippen molar-refractivity contribution in [3.63, 3.8) is 0 Å². The topological polar surface area (TPSA) is 54.5 Å². The van der Waals surface area contributed by atoms with Gasteiger partial charge >= 0.3 is 0 Å². The number of Topliss-reactive ketones (excluding diaryl/α,β-unsaturated/α-hetero) is 1. The van der Waals surface area contributed by atoms with Gasteiger partial charge in [-0.3, -0.25) is 4.79 Å². The zero-order valence-corrected chi connectivity index (χ0v) is 12.6. The Bertz CT molecular complexity index is 540. The number of ketones is 1. The maximum Gasteiger partial charge on any atom is 0.162 e. The van der Waals surface area contributed by atoms with E-state index in [-0.39, 0.29) is 17.4 Å². The van der Waals surface area contributed by atoms with Gasteiger partial charge < -0.3 is 4.90 Å². The largest absolute Gasteiger partial charge is 0.305 e. The molecule has 0 radical (unpaired) electrons. The van der Waals surface area contributed by atoms with Crippen LogP contribution in [0.4, 0.5) is 4.39 Å². The van der Waals surface area contributed by atoms with E-state index in [1.807, 2.05) is 11.9 Å². The highest BCUT2D eigenvalue weighted by Gasteiger charge is 2.08. The quantitative estimate of drug-likeness (QED) is 0.687. The summed E-state index contributed by atoms with van der Waals surface area (Å²) in [7, 11) is -1.12. The molecule has 4 nitrogen and oxygen atoms in total. The summed E-state index contributed by atoms with van der Waals surface area (Å²) < 4.78 is 34.8. The van der Waals surface area contributed by atoms with E-state index in [0.717, 1.165) is 0 Å². The minimum absolute atomic E-state index is 0.0264. The number of rotatable bonds is 8. The third kappa shape index (κ3) is 6.77. The summed E-state index contributed by atoms with van der Waals surface area (Å²) in [5.74, 6) is -0.265. The summed E-state index contributed by atoms with van der Waals surface area (Å²) in [6.45, 7) is 1.12. The van der Waals surface area contributed by atoms with Crippen molar-refractivity contribution in [3.05, 3.63) is 35.6 Å². The first-order valence-electron chi connectivity index (χ1n) is 6.43. The highest BCUT2D eigenvalue weighted by atomic mass is 32.2. The van der Waals surface area contributed by atoms with Crippen LogP contribution < -0.4 is 0 Å². The lowest BCUT2D eigenvalue weighted by Crippen LogP contribution is -2.26. The average Bonchev–Trinajstić information content (AvgIpc) is 2.36. The van der Waals surface area contributed by atoms with Crippen LogP contribution in [0.2, 0.25) is 0 Å². The molecule has 0 aliphatic rings. The number of carbonyl (C=O) groups excluding carboxylic acids is 1. The molecule has 0 unspecified atom stereocenters. The molecule has 0 aliphatic heterocycles. The smallest absolute Gasteiger partial charge is 0.162 e. The summed E-state index contributed by atoms with van der Waals surface area (Å²) in [6, 6.07) is 5.49. The molecular formula is C14H20FNO3S. The highest BCUT2D eigenvalue weighted by Crippen LogP contribution is 2.07. The summed E-state index contributed by atoms with van der Waals surface area (Å²) in [4.78, 5) is 13.7. The van der Waals surface area contributed by atoms with Gasteiger partial charge in [-0.25, -0.2) is 12.8 Å². The van der Waals surface area contributed by atoms with E-state index in [9.17, 15) is 17.6 Å². The molecule has 0 N–H and O–H groups in total. The van der Waals surface area contributed by atoms with Gasteiger partial charge in [0.15, 0.2) is 5.78 Å². The second kappa shape index (κ2) is 7.50. The van der Waals surface area contributed by atoms with E-state index in [1.165, 1.54) is 30.5 Å². The zero-order chi connectivity index (χ0) is 15.2. The molecule has 20 heavy (non-hydrogen) atoms. The van der Waals surface area contributed by atoms with Gasteiger partial charge in [0.2, 0.25) is 0 Å². The van der Waals surface area contributed by atoms with Gasteiger partial charge in [0, 0.05) is 24.8 Å². The molecule has 0 fully saturated rings. The first-order chi connectivity index (χ1) is 9.28. The zero-order valence-electron chi connectivity index (χ0n) is 11.8. The normalized spacial score (nSPS) is 11.8. The molecule has 0 saturated carbocycles. The molecule has 0 heterocycles. The number of hydrogen-bond acceptors (Lipinski definition) is 4. The highest BCUT2D eigenvalue weighted by molar-refractivity contribution is 7.90. The fraction of sp³-hybridized carbons (Fsp3) is 0.500. The van der Waals surface area contributed by atoms with Gasteiger partial charge in [0.1, 0.15) is 15.7 Å². The van der Waals surface area contributed by atoms with Gasteiger partial charge in [0.05, 0.1) is 5.75 Å². The molecule has 0 saturated heterocycles. The Balaban J connectivity index is 2.30. The van der Waals surface area contributed by atoms with Gasteiger partial charge in [-0.05, 0) is 44.3 Å². The van der Waals surface area contributed by atoms with Gasteiger partial charge in [-0.1, -0.05) is 0 Å². The molecule has 0 spiro atoms. The number of sulfone groups is 1. The molecule has 0 bridgehead atoms. The van der Waals surface area contributed by atoms with Crippen LogP contribution in [0, 0.1) is 5.82 Å². The van der Waals surface area contributed by atoms with Crippen molar-refractivity contribution in [1.82, 2.24) is 4.90 Å². The van der Waals surface area contributed by atoms with Crippen LogP contribution in [0.25, 0.3) is 0 Å². The molecule has 0 aliphatic carbocycles. The van der Waals surface area contributed by atoms with E-state index in [4.69, 9.17) is 0 Å². The third-order valence-electron chi connectivity index (χ3n) is 2.95. The molecule has 112 valence electrons. The van der Waals surface area contributed by atoms with Crippen LogP contribution in [0.5, 0.6) is 0 Å². The van der Waals surface area contributed by atoms with Crippen molar-refractivity contribution in [2.45, 2.75) is 12.8 Å². The van der Waals surface area contributed by atoms with E-state index < -0.39 is 9.84 Å². The predicted octanol–water partition coefficient (Wildman–Crippen LogP) is 1.77. The maximum atomic E-state index is 12.7. The van der Waals surface area contributed by atoms with E-state index >= 15 is 0 Å². The van der Waals surface area contributed by atoms with E-state index in [2.05, 4.69) is 0 Å². The summed E-state index contributed by atoms with van der Waals surface area (Å²) >= 11 is 0. The van der Waals surface area contributed by atoms with Crippen LogP contribution in [0.3, 0.4) is 0 Å². The maximum absolute atomic E-state index is 12.7. The van der Waals surface area contributed by atoms with Crippen LogP contribution in [-0.2, 0) is 9.84 Å². The van der Waals surface area contributed by atoms with E-state index in [0.29, 0.717) is 31.5 Å². The molecule has 6 heteroatoms. The number of nitrogens with zero attached hydrogens (tertiary/aromatic N) is 1. The van der Waals surface area contributed by atoms with Gasteiger partial charge in [0.25, 0.3) is 0 Å². The second-order valence-electron chi connectivity index (χ2n) is 4.97. The van der Waals surface area contributed by atoms with Crippen LogP contribution >= 0.6 is 0 Å². The lowest BCUT2D eigenvalue weighted by Gasteiger charge is -2.15. The Morgan fingerprint density at radius 3 is 2.35 bits per heavy atom. The number of benzene rings is 1. The summed E-state index contributed by atoms with van der Waals surface area (Å²) in [5.41, 5.74) is 0.505. The summed E-state index contributed by atoms with van der Waals surface area (Å²) in [6.07, 6.45) is 2.23. The Morgan fingerprint density at radius 1 is 1.20 bits per heavy atom. The standard InChI is InChI=1S/C14H20FNO3S/c1-16(10-11-20(2,18)19)9-3-4-14(17)12-5-7-13(15)8-6-12/h5-8H,3-4,9-11H2,1-2H3. The second-order valence-corrected chi connectivity index (χ2v) is 7.23. The van der Waals surface area contributed by atoms with Crippen molar-refractivity contribution >= 4 is 15.6 Å². The lowest BCUT2D eigenvalue weighted by molar-refractivity contribution is 0.0976. The number of hydrogen-bond donors (Lipinski definition) is 0. The minimum atomic E-state index is -2.95. The number of carbonyl (C=O) groups is 1. The first kappa shape index (κ1) is 16.8. The fourth-order valence-electron chi connectivity index (χ4n) is 1.72. The molecule has 1 aromatic carbocycles. The minimum Gasteiger partial charge on any atom is -0.305 e. The third-order valence-corrected chi connectivity index (χ3v) is 3.88. The first-order valence-corrected chi connectivity index (χ1v) is 8.49. The van der Waals surface area contributed by atoms with Crippen LogP contribution in [0.1, 0.15) is 23.2 Å². The summed E-state index contributed by atoms with van der Waals surface area (Å²) in [5, 5.41) is 0. The van der Waals surface area contributed by atoms with Crippen LogP contribution in [-0.4, -0.2) is 51.2 Å². The monoisotopic (exact) mass is 301 g/mol. The van der Waals surface area contributed by atoms with Crippen molar-refractivity contribution < 1.29 is 17.6 Å².